The second-order valence-corrected chi connectivity index (χ2v) is 5.18. The summed E-state index contributed by atoms with van der Waals surface area (Å²) in [5, 5.41) is 3.87. The maximum Gasteiger partial charge on any atom is 0.226 e. The van der Waals surface area contributed by atoms with Gasteiger partial charge in [0.05, 0.1) is 0 Å². The summed E-state index contributed by atoms with van der Waals surface area (Å²) < 4.78 is 5.09. The number of nitrogens with zero attached hydrogens (tertiary/aromatic N) is 2. The first-order valence-corrected chi connectivity index (χ1v) is 7.00. The van der Waals surface area contributed by atoms with Crippen molar-refractivity contribution in [3.05, 3.63) is 47.3 Å². The lowest BCUT2D eigenvalue weighted by Gasteiger charge is -2.18. The highest BCUT2D eigenvalue weighted by atomic mass is 16.5. The van der Waals surface area contributed by atoms with Crippen LogP contribution in [0, 0.1) is 13.8 Å². The quantitative estimate of drug-likeness (QED) is 0.917. The van der Waals surface area contributed by atoms with E-state index >= 15 is 0 Å². The Morgan fingerprint density at radius 1 is 1.33 bits per heavy atom. The van der Waals surface area contributed by atoms with E-state index in [4.69, 9.17) is 10.3 Å². The number of carbonyl (C=O) groups excluding carboxylic acids is 1. The zero-order valence-corrected chi connectivity index (χ0v) is 12.7. The minimum absolute atomic E-state index is 0.00998. The lowest BCUT2D eigenvalue weighted by atomic mass is 10.0. The van der Waals surface area contributed by atoms with E-state index in [9.17, 15) is 4.79 Å². The van der Waals surface area contributed by atoms with Gasteiger partial charge in [0, 0.05) is 19.5 Å². The molecule has 0 aliphatic heterocycles. The lowest BCUT2D eigenvalue weighted by molar-refractivity contribution is -0.118. The second kappa shape index (κ2) is 6.54. The third-order valence-electron chi connectivity index (χ3n) is 3.60. The van der Waals surface area contributed by atoms with Crippen molar-refractivity contribution in [3.8, 4) is 0 Å². The number of hydrogen-bond donors (Lipinski definition) is 1. The van der Waals surface area contributed by atoms with Gasteiger partial charge in [-0.25, -0.2) is 0 Å². The molecule has 21 heavy (non-hydrogen) atoms. The van der Waals surface area contributed by atoms with Crippen molar-refractivity contribution in [2.24, 2.45) is 5.73 Å². The molecule has 2 N–H and O–H groups in total. The highest BCUT2D eigenvalue weighted by Gasteiger charge is 2.20. The van der Waals surface area contributed by atoms with E-state index in [0.29, 0.717) is 18.6 Å². The van der Waals surface area contributed by atoms with Gasteiger partial charge in [0.2, 0.25) is 5.91 Å². The standard InChI is InChI=1S/C16H21N3O2/c1-11-16(12(2)21-18-11)19(3)15(20)10-9-14(17)13-7-5-4-6-8-13/h4-8,14H,9-10,17H2,1-3H3/t14-/m0/s1. The molecule has 0 aliphatic rings. The first-order valence-electron chi connectivity index (χ1n) is 7.00. The maximum absolute atomic E-state index is 12.3. The van der Waals surface area contributed by atoms with Gasteiger partial charge < -0.3 is 15.2 Å². The van der Waals surface area contributed by atoms with Crippen LogP contribution >= 0.6 is 0 Å². The zero-order valence-electron chi connectivity index (χ0n) is 12.7. The van der Waals surface area contributed by atoms with Crippen LogP contribution in [0.3, 0.4) is 0 Å². The summed E-state index contributed by atoms with van der Waals surface area (Å²) in [6.45, 7) is 3.63. The van der Waals surface area contributed by atoms with E-state index in [-0.39, 0.29) is 11.9 Å². The normalized spacial score (nSPS) is 12.2. The number of aryl methyl sites for hydroxylation is 2. The molecule has 5 nitrogen and oxygen atoms in total. The number of nitrogens with two attached hydrogens (primary N) is 1. The van der Waals surface area contributed by atoms with Gasteiger partial charge in [0.15, 0.2) is 5.76 Å². The molecule has 1 aromatic heterocycles. The lowest BCUT2D eigenvalue weighted by Crippen LogP contribution is -2.28. The first kappa shape index (κ1) is 15.3. The Morgan fingerprint density at radius 3 is 2.57 bits per heavy atom. The fourth-order valence-corrected chi connectivity index (χ4v) is 2.40. The minimum Gasteiger partial charge on any atom is -0.359 e. The van der Waals surface area contributed by atoms with Gasteiger partial charge in [-0.1, -0.05) is 35.5 Å². The molecule has 0 fully saturated rings. The van der Waals surface area contributed by atoms with Gasteiger partial charge >= 0.3 is 0 Å². The first-order chi connectivity index (χ1) is 10.0. The van der Waals surface area contributed by atoms with Crippen molar-refractivity contribution < 1.29 is 9.32 Å². The molecule has 0 bridgehead atoms. The summed E-state index contributed by atoms with van der Waals surface area (Å²) in [7, 11) is 1.74. The van der Waals surface area contributed by atoms with Gasteiger partial charge in [-0.3, -0.25) is 4.79 Å². The zero-order chi connectivity index (χ0) is 15.4. The largest absolute Gasteiger partial charge is 0.359 e. The van der Waals surface area contributed by atoms with Gasteiger partial charge in [-0.2, -0.15) is 0 Å². The number of rotatable bonds is 5. The number of hydrogen-bond acceptors (Lipinski definition) is 4. The third-order valence-corrected chi connectivity index (χ3v) is 3.60. The van der Waals surface area contributed by atoms with Crippen LogP contribution in [-0.4, -0.2) is 18.1 Å². The minimum atomic E-state index is -0.131. The molecule has 0 saturated carbocycles. The Kier molecular flexibility index (Phi) is 4.75. The summed E-state index contributed by atoms with van der Waals surface area (Å²) in [4.78, 5) is 13.9. The smallest absolute Gasteiger partial charge is 0.226 e. The summed E-state index contributed by atoms with van der Waals surface area (Å²) >= 11 is 0. The van der Waals surface area contributed by atoms with E-state index in [1.54, 1.807) is 18.9 Å². The molecule has 112 valence electrons. The Bertz CT molecular complexity index is 588. The van der Waals surface area contributed by atoms with E-state index in [1.807, 2.05) is 37.3 Å². The maximum atomic E-state index is 12.3. The van der Waals surface area contributed by atoms with Crippen molar-refractivity contribution in [3.63, 3.8) is 0 Å². The summed E-state index contributed by atoms with van der Waals surface area (Å²) in [5.74, 6) is 0.659. The molecule has 2 aromatic rings. The molecular formula is C16H21N3O2. The fourth-order valence-electron chi connectivity index (χ4n) is 2.40. The molecule has 1 amide bonds. The molecule has 0 aliphatic carbocycles. The summed E-state index contributed by atoms with van der Waals surface area (Å²) in [5.41, 5.74) is 8.63. The van der Waals surface area contributed by atoms with Crippen LogP contribution < -0.4 is 10.6 Å². The topological polar surface area (TPSA) is 72.4 Å². The molecule has 1 heterocycles. The number of anilines is 1. The van der Waals surface area contributed by atoms with Crippen molar-refractivity contribution >= 4 is 11.6 Å². The van der Waals surface area contributed by atoms with Crippen molar-refractivity contribution in [1.29, 1.82) is 0 Å². The highest BCUT2D eigenvalue weighted by molar-refractivity contribution is 5.93. The molecule has 1 atom stereocenters. The van der Waals surface area contributed by atoms with Crippen LogP contribution in [0.4, 0.5) is 5.69 Å². The molecular weight excluding hydrogens is 266 g/mol. The van der Waals surface area contributed by atoms with Crippen molar-refractivity contribution in [2.45, 2.75) is 32.7 Å². The van der Waals surface area contributed by atoms with Crippen LogP contribution in [0.15, 0.2) is 34.9 Å². The monoisotopic (exact) mass is 287 g/mol. The van der Waals surface area contributed by atoms with Gasteiger partial charge in [-0.05, 0) is 25.8 Å². The summed E-state index contributed by atoms with van der Waals surface area (Å²) in [6, 6.07) is 9.68. The number of benzene rings is 1. The Balaban J connectivity index is 1.96. The van der Waals surface area contributed by atoms with Gasteiger partial charge in [0.25, 0.3) is 0 Å². The van der Waals surface area contributed by atoms with Crippen molar-refractivity contribution in [2.75, 3.05) is 11.9 Å². The molecule has 5 heteroatoms. The third kappa shape index (κ3) is 3.49. The molecule has 0 unspecified atom stereocenters. The van der Waals surface area contributed by atoms with Crippen LogP contribution in [-0.2, 0) is 4.79 Å². The fraction of sp³-hybridized carbons (Fsp3) is 0.375. The molecule has 0 saturated heterocycles. The molecule has 0 spiro atoms. The predicted octanol–water partition coefficient (Wildman–Crippen LogP) is 2.73. The molecule has 2 rings (SSSR count). The average molecular weight is 287 g/mol. The Labute approximate surface area is 124 Å². The highest BCUT2D eigenvalue weighted by Crippen LogP contribution is 2.24. The van der Waals surface area contributed by atoms with E-state index in [1.165, 1.54) is 0 Å². The van der Waals surface area contributed by atoms with E-state index in [0.717, 1.165) is 16.9 Å². The molecule has 1 aromatic carbocycles. The second-order valence-electron chi connectivity index (χ2n) is 5.18. The van der Waals surface area contributed by atoms with Crippen molar-refractivity contribution in [1.82, 2.24) is 5.16 Å². The molecule has 0 radical (unpaired) electrons. The number of carbonyl (C=O) groups is 1. The Hall–Kier alpha value is -2.14. The SMILES string of the molecule is Cc1noc(C)c1N(C)C(=O)CC[C@H](N)c1ccccc1. The average Bonchev–Trinajstić information content (AvgIpc) is 2.83. The number of amides is 1. The number of aromatic nitrogens is 1. The van der Waals surface area contributed by atoms with Gasteiger partial charge in [-0.15, -0.1) is 0 Å². The van der Waals surface area contributed by atoms with Crippen LogP contribution in [0.1, 0.15) is 35.9 Å². The van der Waals surface area contributed by atoms with Crippen LogP contribution in [0.25, 0.3) is 0 Å². The summed E-state index contributed by atoms with van der Waals surface area (Å²) in [6.07, 6.45) is 0.993. The van der Waals surface area contributed by atoms with E-state index < -0.39 is 0 Å². The van der Waals surface area contributed by atoms with Gasteiger partial charge in [0.1, 0.15) is 11.4 Å². The Morgan fingerprint density at radius 2 is 2.00 bits per heavy atom. The predicted molar refractivity (Wildman–Crippen MR) is 82.0 cm³/mol. The van der Waals surface area contributed by atoms with Crippen LogP contribution in [0.2, 0.25) is 0 Å². The van der Waals surface area contributed by atoms with E-state index in [2.05, 4.69) is 5.16 Å². The van der Waals surface area contributed by atoms with Crippen LogP contribution in [0.5, 0.6) is 0 Å².